The zero-order chi connectivity index (χ0) is 16.8. The molecule has 0 aromatic carbocycles. The van der Waals surface area contributed by atoms with Crippen LogP contribution in [-0.4, -0.2) is 82.7 Å². The number of ether oxygens (including phenoxy) is 3. The van der Waals surface area contributed by atoms with Gasteiger partial charge in [0.15, 0.2) is 0 Å². The van der Waals surface area contributed by atoms with Gasteiger partial charge in [0.2, 0.25) is 5.88 Å². The molecule has 1 aromatic heterocycles. The summed E-state index contributed by atoms with van der Waals surface area (Å²) in [6, 6.07) is 1.96. The van der Waals surface area contributed by atoms with Crippen LogP contribution in [0.4, 0.5) is 11.5 Å². The number of pyridine rings is 1. The number of halogens is 1. The van der Waals surface area contributed by atoms with Crippen LogP contribution in [0.3, 0.4) is 0 Å². The van der Waals surface area contributed by atoms with E-state index >= 15 is 0 Å². The summed E-state index contributed by atoms with van der Waals surface area (Å²) in [6.45, 7) is 7.92. The smallest absolute Gasteiger partial charge is 0.236 e. The Hall–Kier alpha value is -1.28. The van der Waals surface area contributed by atoms with Crippen molar-refractivity contribution in [3.63, 3.8) is 0 Å². The molecule has 7 nitrogen and oxygen atoms in total. The van der Waals surface area contributed by atoms with E-state index in [-0.39, 0.29) is 0 Å². The molecule has 2 fully saturated rings. The maximum atomic E-state index is 6.56. The third-order valence-electron chi connectivity index (χ3n) is 4.27. The lowest BCUT2D eigenvalue weighted by Crippen LogP contribution is -2.38. The highest BCUT2D eigenvalue weighted by Gasteiger charge is 2.20. The molecule has 1 N–H and O–H groups in total. The van der Waals surface area contributed by atoms with E-state index in [0.717, 1.165) is 57.4 Å². The van der Waals surface area contributed by atoms with E-state index in [1.165, 1.54) is 0 Å². The van der Waals surface area contributed by atoms with Crippen LogP contribution in [0.5, 0.6) is 5.88 Å². The lowest BCUT2D eigenvalue weighted by atomic mass is 10.3. The summed E-state index contributed by atoms with van der Waals surface area (Å²) in [7, 11) is 1.84. The third kappa shape index (κ3) is 4.42. The van der Waals surface area contributed by atoms with Gasteiger partial charge in [0.1, 0.15) is 17.4 Å². The topological polar surface area (TPSA) is 59.1 Å². The van der Waals surface area contributed by atoms with Gasteiger partial charge in [0, 0.05) is 45.8 Å². The standard InChI is InChI=1S/C16H25ClN4O3/c1-18-14-12-13(21-5-9-23-10-6-21)15(17)16(19-14)24-11-4-20-2-7-22-8-3-20/h12H,2-11H2,1H3,(H,18,19). The number of rotatable bonds is 6. The molecular formula is C16H25ClN4O3. The van der Waals surface area contributed by atoms with Crippen LogP contribution >= 0.6 is 11.6 Å². The number of aromatic nitrogens is 1. The second kappa shape index (κ2) is 8.71. The summed E-state index contributed by atoms with van der Waals surface area (Å²) in [5, 5.41) is 3.65. The van der Waals surface area contributed by atoms with Crippen molar-refractivity contribution in [2.24, 2.45) is 0 Å². The predicted octanol–water partition coefficient (Wildman–Crippen LogP) is 1.32. The van der Waals surface area contributed by atoms with Crippen molar-refractivity contribution in [2.45, 2.75) is 0 Å². The van der Waals surface area contributed by atoms with Crippen LogP contribution in [0, 0.1) is 0 Å². The first-order valence-electron chi connectivity index (χ1n) is 8.42. The second-order valence-electron chi connectivity index (χ2n) is 5.80. The number of anilines is 2. The fourth-order valence-corrected chi connectivity index (χ4v) is 3.12. The van der Waals surface area contributed by atoms with Gasteiger partial charge in [-0.25, -0.2) is 0 Å². The lowest BCUT2D eigenvalue weighted by Gasteiger charge is -2.30. The number of hydrogen-bond acceptors (Lipinski definition) is 7. The number of morpholine rings is 2. The molecule has 0 radical (unpaired) electrons. The highest BCUT2D eigenvalue weighted by molar-refractivity contribution is 6.34. The Balaban J connectivity index is 1.66. The van der Waals surface area contributed by atoms with Crippen molar-refractivity contribution in [2.75, 3.05) is 83.0 Å². The number of nitrogens with one attached hydrogen (secondary N) is 1. The van der Waals surface area contributed by atoms with E-state index in [0.29, 0.717) is 30.7 Å². The Bertz CT molecular complexity index is 534. The van der Waals surface area contributed by atoms with Gasteiger partial charge in [0.25, 0.3) is 0 Å². The van der Waals surface area contributed by atoms with Crippen molar-refractivity contribution in [1.82, 2.24) is 9.88 Å². The lowest BCUT2D eigenvalue weighted by molar-refractivity contribution is 0.0320. The minimum absolute atomic E-state index is 0.485. The van der Waals surface area contributed by atoms with E-state index in [1.54, 1.807) is 0 Å². The maximum Gasteiger partial charge on any atom is 0.236 e. The summed E-state index contributed by atoms with van der Waals surface area (Å²) in [6.07, 6.45) is 0. The predicted molar refractivity (Wildman–Crippen MR) is 94.6 cm³/mol. The van der Waals surface area contributed by atoms with Gasteiger partial charge < -0.3 is 24.4 Å². The molecule has 0 spiro atoms. The molecule has 3 rings (SSSR count). The molecule has 1 aromatic rings. The summed E-state index contributed by atoms with van der Waals surface area (Å²) in [5.41, 5.74) is 0.945. The molecule has 0 unspecified atom stereocenters. The van der Waals surface area contributed by atoms with Crippen LogP contribution in [0.1, 0.15) is 0 Å². The van der Waals surface area contributed by atoms with Gasteiger partial charge in [0.05, 0.1) is 32.1 Å². The molecule has 0 saturated carbocycles. The maximum absolute atomic E-state index is 6.56. The summed E-state index contributed by atoms with van der Waals surface area (Å²) < 4.78 is 16.7. The van der Waals surface area contributed by atoms with E-state index in [2.05, 4.69) is 20.1 Å². The van der Waals surface area contributed by atoms with Crippen LogP contribution in [0.15, 0.2) is 6.07 Å². The quantitative estimate of drug-likeness (QED) is 0.825. The van der Waals surface area contributed by atoms with E-state index in [4.69, 9.17) is 25.8 Å². The average molecular weight is 357 g/mol. The molecule has 3 heterocycles. The fraction of sp³-hybridized carbons (Fsp3) is 0.688. The molecule has 8 heteroatoms. The van der Waals surface area contributed by atoms with Crippen LogP contribution < -0.4 is 15.0 Å². The van der Waals surface area contributed by atoms with Crippen molar-refractivity contribution in [1.29, 1.82) is 0 Å². The zero-order valence-corrected chi connectivity index (χ0v) is 14.8. The first-order valence-corrected chi connectivity index (χ1v) is 8.79. The van der Waals surface area contributed by atoms with Crippen LogP contribution in [0.25, 0.3) is 0 Å². The molecular weight excluding hydrogens is 332 g/mol. The molecule has 0 bridgehead atoms. The average Bonchev–Trinajstić information content (AvgIpc) is 2.64. The van der Waals surface area contributed by atoms with Crippen molar-refractivity contribution < 1.29 is 14.2 Å². The largest absolute Gasteiger partial charge is 0.475 e. The highest BCUT2D eigenvalue weighted by atomic mass is 35.5. The van der Waals surface area contributed by atoms with Crippen LogP contribution in [-0.2, 0) is 9.47 Å². The SMILES string of the molecule is CNc1cc(N2CCOCC2)c(Cl)c(OCCN2CCOCC2)n1. The monoisotopic (exact) mass is 356 g/mol. The molecule has 134 valence electrons. The Morgan fingerprint density at radius 3 is 2.50 bits per heavy atom. The Kier molecular flexibility index (Phi) is 6.37. The first-order chi connectivity index (χ1) is 11.8. The Morgan fingerprint density at radius 2 is 1.83 bits per heavy atom. The van der Waals surface area contributed by atoms with Gasteiger partial charge in [-0.3, -0.25) is 4.90 Å². The minimum atomic E-state index is 0.485. The fourth-order valence-electron chi connectivity index (χ4n) is 2.85. The first kappa shape index (κ1) is 17.5. The molecule has 2 saturated heterocycles. The molecule has 0 atom stereocenters. The van der Waals surface area contributed by atoms with Gasteiger partial charge in [-0.15, -0.1) is 0 Å². The van der Waals surface area contributed by atoms with Gasteiger partial charge in [-0.1, -0.05) is 11.6 Å². The van der Waals surface area contributed by atoms with E-state index < -0.39 is 0 Å². The number of nitrogens with zero attached hydrogens (tertiary/aromatic N) is 3. The highest BCUT2D eigenvalue weighted by Crippen LogP contribution is 2.35. The zero-order valence-electron chi connectivity index (χ0n) is 14.1. The third-order valence-corrected chi connectivity index (χ3v) is 4.62. The molecule has 2 aliphatic heterocycles. The van der Waals surface area contributed by atoms with Crippen molar-refractivity contribution in [3.05, 3.63) is 11.1 Å². The van der Waals surface area contributed by atoms with Crippen molar-refractivity contribution in [3.8, 4) is 5.88 Å². The van der Waals surface area contributed by atoms with Gasteiger partial charge >= 0.3 is 0 Å². The summed E-state index contributed by atoms with van der Waals surface area (Å²) >= 11 is 6.56. The number of hydrogen-bond donors (Lipinski definition) is 1. The van der Waals surface area contributed by atoms with Gasteiger partial charge in [-0.2, -0.15) is 4.98 Å². The van der Waals surface area contributed by atoms with Crippen LogP contribution in [0.2, 0.25) is 5.02 Å². The van der Waals surface area contributed by atoms with Crippen molar-refractivity contribution >= 4 is 23.1 Å². The van der Waals surface area contributed by atoms with Gasteiger partial charge in [-0.05, 0) is 0 Å². The van der Waals surface area contributed by atoms with E-state index in [9.17, 15) is 0 Å². The second-order valence-corrected chi connectivity index (χ2v) is 6.18. The molecule has 24 heavy (non-hydrogen) atoms. The molecule has 2 aliphatic rings. The summed E-state index contributed by atoms with van der Waals surface area (Å²) in [5.74, 6) is 1.24. The minimum Gasteiger partial charge on any atom is -0.475 e. The molecule has 0 amide bonds. The molecule has 0 aliphatic carbocycles. The Labute approximate surface area is 147 Å². The van der Waals surface area contributed by atoms with E-state index in [1.807, 2.05) is 13.1 Å². The normalized spacial score (nSPS) is 19.3. The summed E-state index contributed by atoms with van der Waals surface area (Å²) in [4.78, 5) is 9.00. The Morgan fingerprint density at radius 1 is 1.17 bits per heavy atom.